The molecule has 0 radical (unpaired) electrons. The third-order valence-electron chi connectivity index (χ3n) is 5.24. The fourth-order valence-corrected chi connectivity index (χ4v) is 4.81. The molecule has 0 amide bonds. The molecule has 2 fully saturated rings. The Morgan fingerprint density at radius 2 is 1.95 bits per heavy atom. The monoisotopic (exact) mass is 296 g/mol. The number of thioether (sulfide) groups is 1. The molecule has 1 saturated carbocycles. The van der Waals surface area contributed by atoms with E-state index in [1.807, 2.05) is 0 Å². The summed E-state index contributed by atoms with van der Waals surface area (Å²) < 4.78 is 5.82. The van der Waals surface area contributed by atoms with Crippen LogP contribution >= 0.6 is 11.8 Å². The first-order chi connectivity index (χ1) is 9.85. The van der Waals surface area contributed by atoms with E-state index in [2.05, 4.69) is 24.9 Å². The van der Waals surface area contributed by atoms with Gasteiger partial charge in [-0.2, -0.15) is 11.8 Å². The topological polar surface area (TPSA) is 9.23 Å². The minimum atomic E-state index is 0.630. The maximum atomic E-state index is 5.82. The van der Waals surface area contributed by atoms with Crippen LogP contribution in [0.1, 0.15) is 77.6 Å². The van der Waals surface area contributed by atoms with Crippen LogP contribution in [0.25, 0.3) is 0 Å². The smallest absolute Gasteiger partial charge is 0.0873 e. The fraction of sp³-hybridized carbons (Fsp3) is 0.889. The van der Waals surface area contributed by atoms with Crippen molar-refractivity contribution < 1.29 is 4.74 Å². The maximum absolute atomic E-state index is 5.82. The van der Waals surface area contributed by atoms with Crippen LogP contribution < -0.4 is 0 Å². The summed E-state index contributed by atoms with van der Waals surface area (Å²) in [5, 5.41) is 0. The second-order valence-electron chi connectivity index (χ2n) is 6.63. The van der Waals surface area contributed by atoms with Crippen LogP contribution in [0.2, 0.25) is 0 Å². The Morgan fingerprint density at radius 1 is 1.10 bits per heavy atom. The molecule has 1 aliphatic heterocycles. The highest BCUT2D eigenvalue weighted by Crippen LogP contribution is 2.40. The van der Waals surface area contributed by atoms with E-state index in [0.29, 0.717) is 5.41 Å². The van der Waals surface area contributed by atoms with E-state index in [9.17, 15) is 0 Å². The van der Waals surface area contributed by atoms with Gasteiger partial charge in [0.05, 0.1) is 12.9 Å². The zero-order valence-electron chi connectivity index (χ0n) is 13.3. The van der Waals surface area contributed by atoms with Crippen LogP contribution in [0, 0.1) is 5.41 Å². The first-order valence-corrected chi connectivity index (χ1v) is 9.87. The van der Waals surface area contributed by atoms with Crippen molar-refractivity contribution in [2.75, 3.05) is 18.1 Å². The summed E-state index contributed by atoms with van der Waals surface area (Å²) in [7, 11) is 0. The van der Waals surface area contributed by atoms with E-state index in [1.165, 1.54) is 82.1 Å². The number of ether oxygens (including phenoxy) is 1. The Balaban J connectivity index is 1.65. The molecule has 1 atom stereocenters. The molecule has 1 nitrogen and oxygen atoms in total. The standard InChI is InChI=1S/C18H32OS/c1-2-18(11-7-14-20-15-12-18)10-6-13-19-16-17-8-4-3-5-9-17/h16H,2-15H2,1H3. The Kier molecular flexibility index (Phi) is 7.33. The normalized spacial score (nSPS) is 27.9. The zero-order valence-corrected chi connectivity index (χ0v) is 14.1. The molecule has 1 heterocycles. The highest BCUT2D eigenvalue weighted by Gasteiger charge is 2.28. The molecule has 2 rings (SSSR count). The summed E-state index contributed by atoms with van der Waals surface area (Å²) in [5.41, 5.74) is 2.18. The van der Waals surface area contributed by atoms with E-state index in [4.69, 9.17) is 4.74 Å². The molecule has 0 spiro atoms. The van der Waals surface area contributed by atoms with Crippen LogP contribution in [0.4, 0.5) is 0 Å². The van der Waals surface area contributed by atoms with Crippen molar-refractivity contribution in [3.63, 3.8) is 0 Å². The summed E-state index contributed by atoms with van der Waals surface area (Å²) in [6.07, 6.45) is 17.0. The lowest BCUT2D eigenvalue weighted by Crippen LogP contribution is -2.20. The van der Waals surface area contributed by atoms with Crippen LogP contribution in [0.5, 0.6) is 0 Å². The summed E-state index contributed by atoms with van der Waals surface area (Å²) in [6, 6.07) is 0. The van der Waals surface area contributed by atoms with Crippen molar-refractivity contribution in [2.24, 2.45) is 5.41 Å². The van der Waals surface area contributed by atoms with Gasteiger partial charge in [0.15, 0.2) is 0 Å². The zero-order chi connectivity index (χ0) is 14.1. The van der Waals surface area contributed by atoms with Gasteiger partial charge < -0.3 is 4.74 Å². The second kappa shape index (κ2) is 9.02. The van der Waals surface area contributed by atoms with Crippen molar-refractivity contribution in [3.8, 4) is 0 Å². The third kappa shape index (κ3) is 5.35. The van der Waals surface area contributed by atoms with Crippen LogP contribution in [-0.2, 0) is 4.74 Å². The molecule has 0 bridgehead atoms. The SMILES string of the molecule is CCC1(CCCOC=C2CCCCC2)CCCSCC1. The lowest BCUT2D eigenvalue weighted by molar-refractivity contribution is 0.174. The Hall–Kier alpha value is -0.110. The van der Waals surface area contributed by atoms with E-state index < -0.39 is 0 Å². The minimum Gasteiger partial charge on any atom is -0.501 e. The highest BCUT2D eigenvalue weighted by atomic mass is 32.2. The Morgan fingerprint density at radius 3 is 2.75 bits per heavy atom. The predicted molar refractivity (Wildman–Crippen MR) is 90.3 cm³/mol. The molecule has 116 valence electrons. The molecule has 1 aliphatic carbocycles. The third-order valence-corrected chi connectivity index (χ3v) is 6.31. The van der Waals surface area contributed by atoms with Crippen molar-refractivity contribution in [2.45, 2.75) is 77.6 Å². The maximum Gasteiger partial charge on any atom is 0.0873 e. The van der Waals surface area contributed by atoms with Crippen molar-refractivity contribution in [1.29, 1.82) is 0 Å². The average Bonchev–Trinajstić information content (AvgIpc) is 2.74. The van der Waals surface area contributed by atoms with Gasteiger partial charge in [0.25, 0.3) is 0 Å². The quantitative estimate of drug-likeness (QED) is 0.443. The number of rotatable bonds is 6. The lowest BCUT2D eigenvalue weighted by Gasteiger charge is -2.31. The second-order valence-corrected chi connectivity index (χ2v) is 7.86. The largest absolute Gasteiger partial charge is 0.501 e. The number of hydrogen-bond donors (Lipinski definition) is 0. The molecule has 0 aromatic carbocycles. The predicted octanol–water partition coefficient (Wildman–Crippen LogP) is 5.94. The van der Waals surface area contributed by atoms with Gasteiger partial charge in [0, 0.05) is 0 Å². The van der Waals surface area contributed by atoms with Gasteiger partial charge in [-0.3, -0.25) is 0 Å². The summed E-state index contributed by atoms with van der Waals surface area (Å²) >= 11 is 2.16. The molecule has 1 saturated heterocycles. The van der Waals surface area contributed by atoms with Crippen LogP contribution in [-0.4, -0.2) is 18.1 Å². The summed E-state index contributed by atoms with van der Waals surface area (Å²) in [4.78, 5) is 0. The summed E-state index contributed by atoms with van der Waals surface area (Å²) in [6.45, 7) is 3.32. The van der Waals surface area contributed by atoms with Gasteiger partial charge >= 0.3 is 0 Å². The number of allylic oxidation sites excluding steroid dienone is 1. The average molecular weight is 297 g/mol. The molecular weight excluding hydrogens is 264 g/mol. The molecule has 2 aliphatic rings. The van der Waals surface area contributed by atoms with E-state index in [-0.39, 0.29) is 0 Å². The lowest BCUT2D eigenvalue weighted by atomic mass is 9.75. The number of hydrogen-bond acceptors (Lipinski definition) is 2. The Bertz CT molecular complexity index is 282. The van der Waals surface area contributed by atoms with Gasteiger partial charge in [0.1, 0.15) is 0 Å². The molecule has 2 heteroatoms. The van der Waals surface area contributed by atoms with Gasteiger partial charge in [0.2, 0.25) is 0 Å². The molecule has 1 unspecified atom stereocenters. The van der Waals surface area contributed by atoms with E-state index >= 15 is 0 Å². The van der Waals surface area contributed by atoms with Gasteiger partial charge in [-0.05, 0) is 80.3 Å². The minimum absolute atomic E-state index is 0.630. The van der Waals surface area contributed by atoms with Crippen molar-refractivity contribution in [1.82, 2.24) is 0 Å². The van der Waals surface area contributed by atoms with Crippen molar-refractivity contribution in [3.05, 3.63) is 11.8 Å². The molecule has 0 aromatic heterocycles. The molecular formula is C18H32OS. The van der Waals surface area contributed by atoms with Crippen LogP contribution in [0.15, 0.2) is 11.8 Å². The fourth-order valence-electron chi connectivity index (χ4n) is 3.68. The van der Waals surface area contributed by atoms with Gasteiger partial charge in [-0.1, -0.05) is 19.8 Å². The van der Waals surface area contributed by atoms with E-state index in [1.54, 1.807) is 5.57 Å². The van der Waals surface area contributed by atoms with Crippen LogP contribution in [0.3, 0.4) is 0 Å². The summed E-state index contributed by atoms with van der Waals surface area (Å²) in [5.74, 6) is 2.75. The molecule has 0 aromatic rings. The highest BCUT2D eigenvalue weighted by molar-refractivity contribution is 7.99. The Labute approximate surface area is 129 Å². The van der Waals surface area contributed by atoms with Gasteiger partial charge in [-0.25, -0.2) is 0 Å². The first-order valence-electron chi connectivity index (χ1n) is 8.72. The van der Waals surface area contributed by atoms with Crippen molar-refractivity contribution >= 4 is 11.8 Å². The van der Waals surface area contributed by atoms with Gasteiger partial charge in [-0.15, -0.1) is 0 Å². The molecule has 0 N–H and O–H groups in total. The molecule has 20 heavy (non-hydrogen) atoms. The van der Waals surface area contributed by atoms with E-state index in [0.717, 1.165) is 6.61 Å². The first kappa shape index (κ1) is 16.3.